The van der Waals surface area contributed by atoms with Crippen molar-refractivity contribution >= 4 is 41.3 Å². The topological polar surface area (TPSA) is 87.6 Å². The van der Waals surface area contributed by atoms with Gasteiger partial charge in [-0.2, -0.15) is 20.1 Å². The van der Waals surface area contributed by atoms with Crippen molar-refractivity contribution in [3.63, 3.8) is 0 Å². The van der Waals surface area contributed by atoms with Gasteiger partial charge in [-0.05, 0) is 30.3 Å². The van der Waals surface area contributed by atoms with Crippen LogP contribution in [-0.2, 0) is 4.74 Å². The van der Waals surface area contributed by atoms with Gasteiger partial charge in [-0.1, -0.05) is 29.8 Å². The van der Waals surface area contributed by atoms with Gasteiger partial charge in [0, 0.05) is 29.4 Å². The van der Waals surface area contributed by atoms with Crippen LogP contribution in [0, 0.1) is 5.82 Å². The molecule has 1 aromatic heterocycles. The zero-order chi connectivity index (χ0) is 20.8. The molecule has 1 saturated heterocycles. The van der Waals surface area contributed by atoms with Gasteiger partial charge < -0.3 is 15.0 Å². The number of ether oxygens (including phenoxy) is 1. The highest BCUT2D eigenvalue weighted by atomic mass is 35.5. The molecule has 1 aliphatic rings. The lowest BCUT2D eigenvalue weighted by atomic mass is 10.2. The molecule has 0 bridgehead atoms. The molecule has 0 saturated carbocycles. The fourth-order valence-electron chi connectivity index (χ4n) is 2.78. The summed E-state index contributed by atoms with van der Waals surface area (Å²) in [5.74, 6) is 0.753. The number of aromatic nitrogens is 3. The Morgan fingerprint density at radius 2 is 1.73 bits per heavy atom. The van der Waals surface area contributed by atoms with Crippen molar-refractivity contribution in [1.82, 2.24) is 15.0 Å². The van der Waals surface area contributed by atoms with E-state index in [0.29, 0.717) is 48.9 Å². The second-order valence-corrected chi connectivity index (χ2v) is 6.81. The van der Waals surface area contributed by atoms with E-state index in [9.17, 15) is 4.39 Å². The van der Waals surface area contributed by atoms with E-state index in [0.717, 1.165) is 5.56 Å². The first-order chi connectivity index (χ1) is 14.7. The number of rotatable bonds is 6. The van der Waals surface area contributed by atoms with Crippen LogP contribution in [0.4, 0.5) is 27.9 Å². The zero-order valence-corrected chi connectivity index (χ0v) is 16.7. The first kappa shape index (κ1) is 20.0. The summed E-state index contributed by atoms with van der Waals surface area (Å²) in [6.45, 7) is 2.53. The summed E-state index contributed by atoms with van der Waals surface area (Å²) in [6.07, 6.45) is 1.59. The molecular formula is C20H19ClFN7O. The number of hydrogen-bond donors (Lipinski definition) is 2. The summed E-state index contributed by atoms with van der Waals surface area (Å²) in [5.41, 5.74) is 4.24. The maximum absolute atomic E-state index is 13.2. The average molecular weight is 428 g/mol. The Labute approximate surface area is 177 Å². The number of hydrazone groups is 1. The maximum Gasteiger partial charge on any atom is 0.250 e. The van der Waals surface area contributed by atoms with E-state index in [1.165, 1.54) is 12.1 Å². The van der Waals surface area contributed by atoms with Gasteiger partial charge in [0.2, 0.25) is 17.8 Å². The van der Waals surface area contributed by atoms with Crippen LogP contribution in [0.3, 0.4) is 0 Å². The molecule has 0 atom stereocenters. The summed E-state index contributed by atoms with van der Waals surface area (Å²) < 4.78 is 18.6. The Morgan fingerprint density at radius 3 is 2.50 bits per heavy atom. The Morgan fingerprint density at radius 1 is 1.00 bits per heavy atom. The maximum atomic E-state index is 13.2. The molecule has 0 spiro atoms. The molecule has 0 unspecified atom stereocenters. The molecule has 1 fully saturated rings. The van der Waals surface area contributed by atoms with E-state index in [2.05, 4.69) is 30.8 Å². The van der Waals surface area contributed by atoms with Gasteiger partial charge in [0.15, 0.2) is 0 Å². The highest BCUT2D eigenvalue weighted by Gasteiger charge is 2.16. The van der Waals surface area contributed by atoms with Crippen molar-refractivity contribution in [3.8, 4) is 0 Å². The van der Waals surface area contributed by atoms with E-state index >= 15 is 0 Å². The molecule has 2 N–H and O–H groups in total. The molecule has 154 valence electrons. The smallest absolute Gasteiger partial charge is 0.250 e. The number of halogens is 2. The first-order valence-corrected chi connectivity index (χ1v) is 9.70. The number of benzene rings is 2. The van der Waals surface area contributed by atoms with E-state index in [4.69, 9.17) is 16.3 Å². The van der Waals surface area contributed by atoms with Crippen molar-refractivity contribution in [2.24, 2.45) is 5.10 Å². The lowest BCUT2D eigenvalue weighted by molar-refractivity contribution is 0.122. The molecule has 2 aromatic carbocycles. The van der Waals surface area contributed by atoms with Gasteiger partial charge >= 0.3 is 0 Å². The van der Waals surface area contributed by atoms with E-state index in [-0.39, 0.29) is 11.8 Å². The van der Waals surface area contributed by atoms with Gasteiger partial charge in [0.25, 0.3) is 0 Å². The zero-order valence-electron chi connectivity index (χ0n) is 15.9. The molecule has 0 radical (unpaired) electrons. The van der Waals surface area contributed by atoms with Crippen LogP contribution in [0.25, 0.3) is 0 Å². The lowest BCUT2D eigenvalue weighted by Gasteiger charge is -2.27. The molecule has 2 heterocycles. The summed E-state index contributed by atoms with van der Waals surface area (Å²) in [4.78, 5) is 15.3. The quantitative estimate of drug-likeness (QED) is 0.458. The molecule has 10 heteroatoms. The van der Waals surface area contributed by atoms with Crippen LogP contribution in [-0.4, -0.2) is 47.5 Å². The van der Waals surface area contributed by atoms with Gasteiger partial charge in [-0.15, -0.1) is 0 Å². The van der Waals surface area contributed by atoms with E-state index in [1.807, 2.05) is 23.1 Å². The normalized spacial score (nSPS) is 14.1. The van der Waals surface area contributed by atoms with Gasteiger partial charge in [0.1, 0.15) is 5.82 Å². The van der Waals surface area contributed by atoms with Crippen LogP contribution in [0.1, 0.15) is 5.56 Å². The fraction of sp³-hybridized carbons (Fsp3) is 0.200. The third-order valence-corrected chi connectivity index (χ3v) is 4.64. The van der Waals surface area contributed by atoms with Crippen LogP contribution in [0.5, 0.6) is 0 Å². The average Bonchev–Trinajstić information content (AvgIpc) is 2.77. The van der Waals surface area contributed by atoms with E-state index in [1.54, 1.807) is 24.4 Å². The molecule has 1 aliphatic heterocycles. The standard InChI is InChI=1S/C20H19ClFN7O/c21-17-4-2-1-3-14(17)13-23-28-19-25-18(24-16-7-5-15(22)6-8-16)26-20(27-19)29-9-11-30-12-10-29/h1-8,13H,9-12H2,(H2,24,25,26,27,28)/b23-13+. The van der Waals surface area contributed by atoms with Gasteiger partial charge in [-0.3, -0.25) is 0 Å². The number of morpholine rings is 1. The third kappa shape index (κ3) is 5.19. The molecule has 0 aliphatic carbocycles. The number of nitrogens with zero attached hydrogens (tertiary/aromatic N) is 5. The summed E-state index contributed by atoms with van der Waals surface area (Å²) >= 11 is 6.14. The highest BCUT2D eigenvalue weighted by Crippen LogP contribution is 2.19. The van der Waals surface area contributed by atoms with Crippen molar-refractivity contribution in [1.29, 1.82) is 0 Å². The first-order valence-electron chi connectivity index (χ1n) is 9.32. The van der Waals surface area contributed by atoms with Crippen LogP contribution in [0.2, 0.25) is 5.02 Å². The molecule has 4 rings (SSSR count). The summed E-state index contributed by atoms with van der Waals surface area (Å²) in [6, 6.07) is 13.3. The predicted molar refractivity (Wildman–Crippen MR) is 115 cm³/mol. The Kier molecular flexibility index (Phi) is 6.31. The summed E-state index contributed by atoms with van der Waals surface area (Å²) in [5, 5.41) is 7.84. The van der Waals surface area contributed by atoms with Gasteiger partial charge in [0.05, 0.1) is 19.4 Å². The number of hydrogen-bond acceptors (Lipinski definition) is 8. The Balaban J connectivity index is 1.57. The van der Waals surface area contributed by atoms with Crippen LogP contribution < -0.4 is 15.6 Å². The van der Waals surface area contributed by atoms with E-state index < -0.39 is 0 Å². The second kappa shape index (κ2) is 9.47. The molecular weight excluding hydrogens is 409 g/mol. The molecule has 3 aromatic rings. The fourth-order valence-corrected chi connectivity index (χ4v) is 2.96. The van der Waals surface area contributed by atoms with Crippen molar-refractivity contribution in [2.75, 3.05) is 41.9 Å². The Bertz CT molecular complexity index is 1030. The predicted octanol–water partition coefficient (Wildman–Crippen LogP) is 3.69. The minimum absolute atomic E-state index is 0.263. The SMILES string of the molecule is Fc1ccc(Nc2nc(N/N=C/c3ccccc3Cl)nc(N3CCOCC3)n2)cc1. The van der Waals surface area contributed by atoms with Crippen LogP contribution in [0.15, 0.2) is 53.6 Å². The number of nitrogens with one attached hydrogen (secondary N) is 2. The van der Waals surface area contributed by atoms with Crippen molar-refractivity contribution in [3.05, 3.63) is 64.9 Å². The van der Waals surface area contributed by atoms with Gasteiger partial charge in [-0.25, -0.2) is 9.82 Å². The van der Waals surface area contributed by atoms with Crippen molar-refractivity contribution in [2.45, 2.75) is 0 Å². The van der Waals surface area contributed by atoms with Crippen molar-refractivity contribution < 1.29 is 9.13 Å². The molecule has 0 amide bonds. The monoisotopic (exact) mass is 427 g/mol. The minimum atomic E-state index is -0.318. The highest BCUT2D eigenvalue weighted by molar-refractivity contribution is 6.33. The second-order valence-electron chi connectivity index (χ2n) is 6.41. The summed E-state index contributed by atoms with van der Waals surface area (Å²) in [7, 11) is 0. The molecule has 30 heavy (non-hydrogen) atoms. The van der Waals surface area contributed by atoms with Crippen LogP contribution >= 0.6 is 11.6 Å². The molecule has 8 nitrogen and oxygen atoms in total. The lowest BCUT2D eigenvalue weighted by Crippen LogP contribution is -2.37. The third-order valence-electron chi connectivity index (χ3n) is 4.29. The number of anilines is 4. The Hall–Kier alpha value is -3.30. The largest absolute Gasteiger partial charge is 0.378 e. The minimum Gasteiger partial charge on any atom is -0.378 e.